The first kappa shape index (κ1) is 11.4. The summed E-state index contributed by atoms with van der Waals surface area (Å²) in [4.78, 5) is 22.3. The summed E-state index contributed by atoms with van der Waals surface area (Å²) >= 11 is 0. The van der Waals surface area contributed by atoms with E-state index in [9.17, 15) is 4.79 Å². The Morgan fingerprint density at radius 2 is 2.39 bits per heavy atom. The summed E-state index contributed by atoms with van der Waals surface area (Å²) in [7, 11) is 0. The molecule has 1 aliphatic rings. The normalized spacial score (nSPS) is 25.0. The van der Waals surface area contributed by atoms with Crippen LogP contribution in [-0.2, 0) is 6.54 Å². The monoisotopic (exact) mass is 248 g/mol. The van der Waals surface area contributed by atoms with Gasteiger partial charge in [0.25, 0.3) is 11.3 Å². The molecule has 1 fully saturated rings. The van der Waals surface area contributed by atoms with Gasteiger partial charge in [0.1, 0.15) is 6.33 Å². The van der Waals surface area contributed by atoms with E-state index in [4.69, 9.17) is 5.73 Å². The molecule has 0 aliphatic carbocycles. The molecular weight excluding hydrogens is 232 g/mol. The highest BCUT2D eigenvalue weighted by molar-refractivity contribution is 5.26. The van der Waals surface area contributed by atoms with Crippen LogP contribution in [0, 0.1) is 5.92 Å². The van der Waals surface area contributed by atoms with E-state index in [0.717, 1.165) is 18.8 Å². The summed E-state index contributed by atoms with van der Waals surface area (Å²) in [6.07, 6.45) is 1.46. The summed E-state index contributed by atoms with van der Waals surface area (Å²) in [5.74, 6) is 0.897. The van der Waals surface area contributed by atoms with Crippen molar-refractivity contribution in [2.24, 2.45) is 11.7 Å². The van der Waals surface area contributed by atoms with Gasteiger partial charge < -0.3 is 5.73 Å². The number of aromatic nitrogens is 4. The Hall–Kier alpha value is -1.73. The Bertz CT molecular complexity index is 607. The molecule has 0 bridgehead atoms. The van der Waals surface area contributed by atoms with E-state index in [-0.39, 0.29) is 11.6 Å². The molecule has 3 N–H and O–H groups in total. The zero-order valence-corrected chi connectivity index (χ0v) is 10.2. The van der Waals surface area contributed by atoms with Crippen molar-refractivity contribution in [1.82, 2.24) is 24.5 Å². The number of likely N-dealkylation sites (tertiary alicyclic amines) is 1. The van der Waals surface area contributed by atoms with Crippen molar-refractivity contribution in [3.63, 3.8) is 0 Å². The fraction of sp³-hybridized carbons (Fsp3) is 0.545. The third-order valence-corrected chi connectivity index (χ3v) is 3.45. The van der Waals surface area contributed by atoms with Gasteiger partial charge in [0.05, 0.1) is 5.69 Å². The van der Waals surface area contributed by atoms with Gasteiger partial charge in [0.2, 0.25) is 0 Å². The number of fused-ring (bicyclic) bond motifs is 1. The van der Waals surface area contributed by atoms with Gasteiger partial charge in [-0.15, -0.1) is 0 Å². The Morgan fingerprint density at radius 1 is 1.56 bits per heavy atom. The van der Waals surface area contributed by atoms with E-state index in [2.05, 4.69) is 26.9 Å². The van der Waals surface area contributed by atoms with Gasteiger partial charge >= 0.3 is 0 Å². The predicted molar refractivity (Wildman–Crippen MR) is 66.0 cm³/mol. The van der Waals surface area contributed by atoms with Crippen LogP contribution in [0.15, 0.2) is 17.2 Å². The molecule has 7 nitrogen and oxygen atoms in total. The molecule has 0 spiro atoms. The van der Waals surface area contributed by atoms with Crippen molar-refractivity contribution in [1.29, 1.82) is 0 Å². The van der Waals surface area contributed by atoms with Gasteiger partial charge in [-0.05, 0) is 5.92 Å². The third kappa shape index (κ3) is 1.91. The summed E-state index contributed by atoms with van der Waals surface area (Å²) in [5.41, 5.74) is 6.59. The van der Waals surface area contributed by atoms with Crippen LogP contribution in [0.3, 0.4) is 0 Å². The highest BCUT2D eigenvalue weighted by Gasteiger charge is 2.26. The average Bonchev–Trinajstić information content (AvgIpc) is 2.87. The molecule has 7 heteroatoms. The maximum absolute atomic E-state index is 11.8. The van der Waals surface area contributed by atoms with Gasteiger partial charge in [-0.3, -0.25) is 14.8 Å². The lowest BCUT2D eigenvalue weighted by Crippen LogP contribution is -2.29. The Kier molecular flexibility index (Phi) is 2.64. The van der Waals surface area contributed by atoms with Crippen LogP contribution in [0.4, 0.5) is 0 Å². The molecule has 1 aliphatic heterocycles. The second kappa shape index (κ2) is 4.18. The number of H-pyrrole nitrogens is 1. The Labute approximate surface area is 104 Å². The first-order valence-electron chi connectivity index (χ1n) is 6.03. The van der Waals surface area contributed by atoms with E-state index in [1.54, 1.807) is 6.07 Å². The molecule has 3 rings (SSSR count). The number of nitrogens with zero attached hydrogens (tertiary/aromatic N) is 4. The molecule has 18 heavy (non-hydrogen) atoms. The molecule has 0 amide bonds. The molecule has 2 aromatic heterocycles. The number of hydrogen-bond donors (Lipinski definition) is 2. The smallest absolute Gasteiger partial charge is 0.274 e. The molecule has 2 atom stereocenters. The molecule has 0 radical (unpaired) electrons. The Morgan fingerprint density at radius 3 is 3.11 bits per heavy atom. The molecule has 0 saturated carbocycles. The predicted octanol–water partition coefficient (Wildman–Crippen LogP) is -0.803. The minimum absolute atomic E-state index is 0.135. The van der Waals surface area contributed by atoms with Gasteiger partial charge in [0, 0.05) is 31.7 Å². The van der Waals surface area contributed by atoms with E-state index in [1.807, 2.05) is 0 Å². The lowest BCUT2D eigenvalue weighted by molar-refractivity contribution is 0.315. The van der Waals surface area contributed by atoms with E-state index >= 15 is 0 Å². The summed E-state index contributed by atoms with van der Waals surface area (Å²) < 4.78 is 1.32. The van der Waals surface area contributed by atoms with Gasteiger partial charge in [0.15, 0.2) is 0 Å². The van der Waals surface area contributed by atoms with Crippen molar-refractivity contribution in [3.05, 3.63) is 28.4 Å². The largest absolute Gasteiger partial charge is 0.326 e. The first-order chi connectivity index (χ1) is 8.63. The summed E-state index contributed by atoms with van der Waals surface area (Å²) in [6.45, 7) is 4.59. The highest BCUT2D eigenvalue weighted by Crippen LogP contribution is 2.16. The van der Waals surface area contributed by atoms with Gasteiger partial charge in [-0.1, -0.05) is 6.92 Å². The lowest BCUT2D eigenvalue weighted by atomic mass is 10.1. The van der Waals surface area contributed by atoms with Crippen LogP contribution in [0.25, 0.3) is 5.78 Å². The summed E-state index contributed by atoms with van der Waals surface area (Å²) in [6, 6.07) is 1.75. The zero-order chi connectivity index (χ0) is 12.7. The minimum Gasteiger partial charge on any atom is -0.326 e. The van der Waals surface area contributed by atoms with Crippen LogP contribution in [0.5, 0.6) is 0 Å². The number of hydrogen-bond acceptors (Lipinski definition) is 5. The molecule has 2 unspecified atom stereocenters. The quantitative estimate of drug-likeness (QED) is 0.725. The fourth-order valence-corrected chi connectivity index (χ4v) is 2.40. The van der Waals surface area contributed by atoms with Crippen molar-refractivity contribution in [2.75, 3.05) is 13.1 Å². The van der Waals surface area contributed by atoms with Crippen molar-refractivity contribution >= 4 is 5.78 Å². The molecular formula is C11H16N6O. The minimum atomic E-state index is -0.135. The molecule has 3 heterocycles. The third-order valence-electron chi connectivity index (χ3n) is 3.45. The molecule has 1 saturated heterocycles. The SMILES string of the molecule is CC1CN(Cc2cc(=O)n3[nH]cnc3n2)CC1N. The van der Waals surface area contributed by atoms with E-state index in [1.165, 1.54) is 10.8 Å². The van der Waals surface area contributed by atoms with Crippen molar-refractivity contribution < 1.29 is 0 Å². The standard InChI is InChI=1S/C11H16N6O/c1-7-3-16(5-9(7)12)4-8-2-10(18)17-11(15-8)13-6-14-17/h2,6-7,9H,3-5,12H2,1H3,(H,13,14,15). The van der Waals surface area contributed by atoms with Crippen molar-refractivity contribution in [3.8, 4) is 0 Å². The number of nitrogens with two attached hydrogens (primary N) is 1. The van der Waals surface area contributed by atoms with Gasteiger partial charge in [-0.2, -0.15) is 4.52 Å². The molecule has 2 aromatic rings. The zero-order valence-electron chi connectivity index (χ0n) is 10.2. The topological polar surface area (TPSA) is 92.3 Å². The fourth-order valence-electron chi connectivity index (χ4n) is 2.40. The van der Waals surface area contributed by atoms with Crippen LogP contribution < -0.4 is 11.3 Å². The van der Waals surface area contributed by atoms with Crippen LogP contribution in [-0.4, -0.2) is 43.6 Å². The second-order valence-corrected chi connectivity index (χ2v) is 4.94. The van der Waals surface area contributed by atoms with E-state index < -0.39 is 0 Å². The number of rotatable bonds is 2. The Balaban J connectivity index is 1.85. The molecule has 96 valence electrons. The number of aromatic amines is 1. The molecule has 0 aromatic carbocycles. The van der Waals surface area contributed by atoms with Crippen LogP contribution in [0.1, 0.15) is 12.6 Å². The van der Waals surface area contributed by atoms with Crippen LogP contribution >= 0.6 is 0 Å². The highest BCUT2D eigenvalue weighted by atomic mass is 16.1. The maximum Gasteiger partial charge on any atom is 0.274 e. The first-order valence-corrected chi connectivity index (χ1v) is 6.03. The number of nitrogens with one attached hydrogen (secondary N) is 1. The van der Waals surface area contributed by atoms with Crippen LogP contribution in [0.2, 0.25) is 0 Å². The second-order valence-electron chi connectivity index (χ2n) is 4.94. The average molecular weight is 248 g/mol. The maximum atomic E-state index is 11.8. The summed E-state index contributed by atoms with van der Waals surface area (Å²) in [5, 5.41) is 2.72. The van der Waals surface area contributed by atoms with Crippen molar-refractivity contribution in [2.45, 2.75) is 19.5 Å². The van der Waals surface area contributed by atoms with Gasteiger partial charge in [-0.25, -0.2) is 9.97 Å². The lowest BCUT2D eigenvalue weighted by Gasteiger charge is -2.14. The van der Waals surface area contributed by atoms with E-state index in [0.29, 0.717) is 18.2 Å².